The average molecular weight is 298 g/mol. The third-order valence-electron chi connectivity index (χ3n) is 2.17. The van der Waals surface area contributed by atoms with Crippen LogP contribution < -0.4 is 10.5 Å². The maximum Gasteiger partial charge on any atom is 0.411 e. The Morgan fingerprint density at radius 1 is 1.37 bits per heavy atom. The first kappa shape index (κ1) is 16.1. The first-order valence-electron chi connectivity index (χ1n) is 5.60. The Labute approximate surface area is 114 Å². The smallest absolute Gasteiger partial charge is 0.411 e. The van der Waals surface area contributed by atoms with E-state index in [1.165, 1.54) is 0 Å². The Balaban J connectivity index is 2.60. The van der Waals surface area contributed by atoms with Gasteiger partial charge in [0.1, 0.15) is 12.4 Å². The fourth-order valence-corrected chi connectivity index (χ4v) is 1.70. The van der Waals surface area contributed by atoms with Gasteiger partial charge in [0.05, 0.1) is 0 Å². The molecule has 0 aliphatic rings. The van der Waals surface area contributed by atoms with Crippen molar-refractivity contribution in [3.8, 4) is 5.75 Å². The number of hydrogen-bond donors (Lipinski definition) is 1. The van der Waals surface area contributed by atoms with Gasteiger partial charge in [-0.25, -0.2) is 0 Å². The summed E-state index contributed by atoms with van der Waals surface area (Å²) < 4.78 is 45.2. The van der Waals surface area contributed by atoms with E-state index in [1.807, 2.05) is 0 Å². The van der Waals surface area contributed by atoms with Crippen LogP contribution in [0.15, 0.2) is 18.2 Å². The van der Waals surface area contributed by atoms with Crippen molar-refractivity contribution in [2.75, 3.05) is 13.4 Å². The second kappa shape index (κ2) is 6.98. The summed E-state index contributed by atoms with van der Waals surface area (Å²) in [6.07, 6.45) is -3.90. The minimum absolute atomic E-state index is 0.140. The van der Waals surface area contributed by atoms with Gasteiger partial charge in [-0.05, 0) is 25.5 Å². The normalized spacial score (nSPS) is 13.4. The lowest BCUT2D eigenvalue weighted by Gasteiger charge is -2.15. The molecule has 0 amide bonds. The topological polar surface area (TPSA) is 44.5 Å². The predicted octanol–water partition coefficient (Wildman–Crippen LogP) is 3.14. The number of halogens is 4. The molecule has 1 atom stereocenters. The van der Waals surface area contributed by atoms with Crippen molar-refractivity contribution in [1.29, 1.82) is 0 Å². The standard InChI is InChI=1S/C12H15ClF3NO2/c1-8(17)5-9-10(13)3-2-4-11(9)19-7-18-6-12(14,15)16/h2-4,8H,5-7,17H2,1H3. The van der Waals surface area contributed by atoms with Crippen molar-refractivity contribution in [3.05, 3.63) is 28.8 Å². The molecule has 3 nitrogen and oxygen atoms in total. The molecule has 0 fully saturated rings. The second-order valence-electron chi connectivity index (χ2n) is 4.12. The molecule has 1 aromatic carbocycles. The third-order valence-corrected chi connectivity index (χ3v) is 2.52. The Kier molecular flexibility index (Phi) is 5.90. The lowest BCUT2D eigenvalue weighted by atomic mass is 10.1. The zero-order chi connectivity index (χ0) is 14.5. The van der Waals surface area contributed by atoms with Crippen LogP contribution in [0.2, 0.25) is 5.02 Å². The van der Waals surface area contributed by atoms with Crippen LogP contribution in [-0.2, 0) is 11.2 Å². The highest BCUT2D eigenvalue weighted by molar-refractivity contribution is 6.31. The van der Waals surface area contributed by atoms with Crippen LogP contribution in [0.25, 0.3) is 0 Å². The number of benzene rings is 1. The second-order valence-corrected chi connectivity index (χ2v) is 4.53. The molecule has 0 saturated carbocycles. The number of rotatable bonds is 6. The summed E-state index contributed by atoms with van der Waals surface area (Å²) in [7, 11) is 0. The average Bonchev–Trinajstić information content (AvgIpc) is 2.27. The Morgan fingerprint density at radius 2 is 2.05 bits per heavy atom. The number of ether oxygens (including phenoxy) is 2. The number of alkyl halides is 3. The van der Waals surface area contributed by atoms with Gasteiger partial charge >= 0.3 is 6.18 Å². The maximum atomic E-state index is 11.9. The molecule has 0 radical (unpaired) electrons. The van der Waals surface area contributed by atoms with Crippen LogP contribution in [-0.4, -0.2) is 25.6 Å². The van der Waals surface area contributed by atoms with Gasteiger partial charge in [-0.15, -0.1) is 0 Å². The highest BCUT2D eigenvalue weighted by Gasteiger charge is 2.27. The molecule has 0 aromatic heterocycles. The van der Waals surface area contributed by atoms with Gasteiger partial charge in [0, 0.05) is 16.6 Å². The third kappa shape index (κ3) is 6.13. The summed E-state index contributed by atoms with van der Waals surface area (Å²) in [5.74, 6) is 0.381. The zero-order valence-corrected chi connectivity index (χ0v) is 11.1. The van der Waals surface area contributed by atoms with Gasteiger partial charge in [-0.2, -0.15) is 13.2 Å². The monoisotopic (exact) mass is 297 g/mol. The van der Waals surface area contributed by atoms with E-state index in [0.29, 0.717) is 22.8 Å². The van der Waals surface area contributed by atoms with Crippen molar-refractivity contribution in [3.63, 3.8) is 0 Å². The summed E-state index contributed by atoms with van der Waals surface area (Å²) in [4.78, 5) is 0. The van der Waals surface area contributed by atoms with E-state index in [1.54, 1.807) is 25.1 Å². The summed E-state index contributed by atoms with van der Waals surface area (Å²) in [5.41, 5.74) is 6.34. The number of hydrogen-bond acceptors (Lipinski definition) is 3. The highest BCUT2D eigenvalue weighted by Crippen LogP contribution is 2.27. The molecule has 7 heteroatoms. The summed E-state index contributed by atoms with van der Waals surface area (Å²) in [6, 6.07) is 4.79. The molecule has 1 rings (SSSR count). The van der Waals surface area contributed by atoms with Gasteiger partial charge in [0.2, 0.25) is 0 Å². The Bertz CT molecular complexity index is 410. The van der Waals surface area contributed by atoms with Crippen LogP contribution in [0.5, 0.6) is 5.75 Å². The molecule has 2 N–H and O–H groups in total. The molecule has 108 valence electrons. The fourth-order valence-electron chi connectivity index (χ4n) is 1.46. The van der Waals surface area contributed by atoms with Crippen molar-refractivity contribution >= 4 is 11.6 Å². The van der Waals surface area contributed by atoms with E-state index in [0.717, 1.165) is 0 Å². The first-order chi connectivity index (χ1) is 8.79. The fraction of sp³-hybridized carbons (Fsp3) is 0.500. The van der Waals surface area contributed by atoms with E-state index in [-0.39, 0.29) is 6.04 Å². The van der Waals surface area contributed by atoms with Crippen LogP contribution >= 0.6 is 11.6 Å². The molecule has 1 aromatic rings. The van der Waals surface area contributed by atoms with Crippen molar-refractivity contribution in [1.82, 2.24) is 0 Å². The van der Waals surface area contributed by atoms with Gasteiger partial charge in [-0.1, -0.05) is 17.7 Å². The highest BCUT2D eigenvalue weighted by atomic mass is 35.5. The Hall–Kier alpha value is -0.980. The van der Waals surface area contributed by atoms with Crippen LogP contribution in [0.4, 0.5) is 13.2 Å². The number of nitrogens with two attached hydrogens (primary N) is 1. The quantitative estimate of drug-likeness (QED) is 0.648. The summed E-state index contributed by atoms with van der Waals surface area (Å²) in [6.45, 7) is -0.0464. The predicted molar refractivity (Wildman–Crippen MR) is 66.3 cm³/mol. The van der Waals surface area contributed by atoms with Crippen LogP contribution in [0.1, 0.15) is 12.5 Å². The largest absolute Gasteiger partial charge is 0.467 e. The van der Waals surface area contributed by atoms with Gasteiger partial charge in [0.15, 0.2) is 6.79 Å². The van der Waals surface area contributed by atoms with Crippen molar-refractivity contribution in [2.45, 2.75) is 25.6 Å². The van der Waals surface area contributed by atoms with E-state index in [2.05, 4.69) is 4.74 Å². The lowest BCUT2D eigenvalue weighted by Crippen LogP contribution is -2.20. The molecule has 0 spiro atoms. The molecular formula is C12H15ClF3NO2. The van der Waals surface area contributed by atoms with E-state index in [9.17, 15) is 13.2 Å². The van der Waals surface area contributed by atoms with Gasteiger partial charge < -0.3 is 15.2 Å². The summed E-state index contributed by atoms with van der Waals surface area (Å²) >= 11 is 6.00. The molecule has 0 bridgehead atoms. The molecule has 0 aliphatic carbocycles. The lowest BCUT2D eigenvalue weighted by molar-refractivity contribution is -0.186. The molecule has 1 unspecified atom stereocenters. The van der Waals surface area contributed by atoms with Gasteiger partial charge in [-0.3, -0.25) is 0 Å². The molecule has 19 heavy (non-hydrogen) atoms. The first-order valence-corrected chi connectivity index (χ1v) is 5.97. The zero-order valence-electron chi connectivity index (χ0n) is 10.3. The van der Waals surface area contributed by atoms with E-state index >= 15 is 0 Å². The minimum Gasteiger partial charge on any atom is -0.467 e. The van der Waals surface area contributed by atoms with Gasteiger partial charge in [0.25, 0.3) is 0 Å². The SMILES string of the molecule is CC(N)Cc1c(Cl)cccc1OCOCC(F)(F)F. The van der Waals surface area contributed by atoms with E-state index < -0.39 is 19.6 Å². The molecule has 0 aliphatic heterocycles. The van der Waals surface area contributed by atoms with E-state index in [4.69, 9.17) is 22.1 Å². The van der Waals surface area contributed by atoms with Crippen molar-refractivity contribution < 1.29 is 22.6 Å². The minimum atomic E-state index is -4.37. The Morgan fingerprint density at radius 3 is 2.63 bits per heavy atom. The van der Waals surface area contributed by atoms with Crippen LogP contribution in [0.3, 0.4) is 0 Å². The molecule has 0 saturated heterocycles. The van der Waals surface area contributed by atoms with Crippen LogP contribution in [0, 0.1) is 0 Å². The summed E-state index contributed by atoms with van der Waals surface area (Å²) in [5, 5.41) is 0.464. The van der Waals surface area contributed by atoms with Crippen molar-refractivity contribution in [2.24, 2.45) is 5.73 Å². The molecular weight excluding hydrogens is 283 g/mol. The maximum absolute atomic E-state index is 11.9. The molecule has 0 heterocycles.